The molecule has 2 N–H and O–H groups in total. The number of halogens is 1. The number of nitrogen functional groups attached to an aromatic ring is 1. The van der Waals surface area contributed by atoms with Crippen molar-refractivity contribution in [1.29, 1.82) is 0 Å². The second kappa shape index (κ2) is 6.00. The molecule has 4 heteroatoms. The summed E-state index contributed by atoms with van der Waals surface area (Å²) in [5.74, 6) is 2.13. The summed E-state index contributed by atoms with van der Waals surface area (Å²) in [5, 5.41) is 3.98. The summed E-state index contributed by atoms with van der Waals surface area (Å²) < 4.78 is 6.54. The summed E-state index contributed by atoms with van der Waals surface area (Å²) in [5.41, 5.74) is 8.05. The number of anilines is 1. The van der Waals surface area contributed by atoms with Gasteiger partial charge in [-0.05, 0) is 12.0 Å². The van der Waals surface area contributed by atoms with Gasteiger partial charge in [-0.15, -0.1) is 0 Å². The molecular weight excluding hydrogens is 316 g/mol. The van der Waals surface area contributed by atoms with Gasteiger partial charge in [0.15, 0.2) is 5.82 Å². The number of benzene rings is 1. The predicted octanol–water partition coefficient (Wildman–Crippen LogP) is 4.81. The van der Waals surface area contributed by atoms with Gasteiger partial charge in [-0.25, -0.2) is 0 Å². The van der Waals surface area contributed by atoms with E-state index in [0.717, 1.165) is 27.8 Å². The van der Waals surface area contributed by atoms with Gasteiger partial charge in [0.1, 0.15) is 5.76 Å². The monoisotopic (exact) mass is 334 g/mol. The van der Waals surface area contributed by atoms with Crippen LogP contribution in [0.2, 0.25) is 0 Å². The summed E-state index contributed by atoms with van der Waals surface area (Å²) in [7, 11) is 0. The second-order valence-corrected chi connectivity index (χ2v) is 6.41. The summed E-state index contributed by atoms with van der Waals surface area (Å²) in [6.45, 7) is 0. The van der Waals surface area contributed by atoms with Gasteiger partial charge < -0.3 is 10.3 Å². The smallest absolute Gasteiger partial charge is 0.175 e. The highest BCUT2D eigenvalue weighted by molar-refractivity contribution is 9.10. The third-order valence-corrected chi connectivity index (χ3v) is 4.82. The molecule has 1 aromatic heterocycles. The van der Waals surface area contributed by atoms with E-state index in [1.807, 2.05) is 18.2 Å². The van der Waals surface area contributed by atoms with E-state index in [4.69, 9.17) is 10.3 Å². The predicted molar refractivity (Wildman–Crippen MR) is 84.3 cm³/mol. The standard InChI is InChI=1S/C16H19BrN2O/c17-13-9-5-4-8-12(13)15-14(20-19-16(15)18)10-11-6-2-1-3-7-11/h4-5,8-9,11H,1-3,6-7,10H2,(H2,18,19). The Balaban J connectivity index is 1.91. The first-order chi connectivity index (χ1) is 9.75. The van der Waals surface area contributed by atoms with Crippen LogP contribution < -0.4 is 5.73 Å². The van der Waals surface area contributed by atoms with Gasteiger partial charge in [0.05, 0.1) is 5.56 Å². The molecule has 0 spiro atoms. The molecule has 1 aliphatic rings. The summed E-state index contributed by atoms with van der Waals surface area (Å²) in [4.78, 5) is 0. The van der Waals surface area contributed by atoms with E-state index >= 15 is 0 Å². The highest BCUT2D eigenvalue weighted by Crippen LogP contribution is 2.37. The van der Waals surface area contributed by atoms with E-state index < -0.39 is 0 Å². The summed E-state index contributed by atoms with van der Waals surface area (Å²) >= 11 is 3.59. The van der Waals surface area contributed by atoms with Gasteiger partial charge >= 0.3 is 0 Å². The van der Waals surface area contributed by atoms with Crippen LogP contribution in [-0.4, -0.2) is 5.16 Å². The molecule has 1 saturated carbocycles. The van der Waals surface area contributed by atoms with E-state index in [1.54, 1.807) is 0 Å². The lowest BCUT2D eigenvalue weighted by Gasteiger charge is -2.20. The molecule has 20 heavy (non-hydrogen) atoms. The van der Waals surface area contributed by atoms with Crippen LogP contribution in [0.4, 0.5) is 5.82 Å². The summed E-state index contributed by atoms with van der Waals surface area (Å²) in [6, 6.07) is 8.08. The molecule has 0 bridgehead atoms. The number of aromatic nitrogens is 1. The molecule has 1 aliphatic carbocycles. The minimum Gasteiger partial charge on any atom is -0.380 e. The highest BCUT2D eigenvalue weighted by Gasteiger charge is 2.22. The SMILES string of the molecule is Nc1noc(CC2CCCCC2)c1-c1ccccc1Br. The van der Waals surface area contributed by atoms with Gasteiger partial charge in [-0.1, -0.05) is 71.4 Å². The average molecular weight is 335 g/mol. The zero-order chi connectivity index (χ0) is 13.9. The highest BCUT2D eigenvalue weighted by atomic mass is 79.9. The lowest BCUT2D eigenvalue weighted by atomic mass is 9.85. The lowest BCUT2D eigenvalue weighted by Crippen LogP contribution is -2.09. The minimum atomic E-state index is 0.489. The largest absolute Gasteiger partial charge is 0.380 e. The van der Waals surface area contributed by atoms with Gasteiger partial charge in [0.2, 0.25) is 0 Å². The second-order valence-electron chi connectivity index (χ2n) is 5.55. The van der Waals surface area contributed by atoms with Crippen molar-refractivity contribution in [3.63, 3.8) is 0 Å². The zero-order valence-corrected chi connectivity index (χ0v) is 13.0. The molecule has 0 saturated heterocycles. The topological polar surface area (TPSA) is 52.0 Å². The van der Waals surface area contributed by atoms with Crippen LogP contribution in [-0.2, 0) is 6.42 Å². The van der Waals surface area contributed by atoms with Crippen molar-refractivity contribution >= 4 is 21.7 Å². The van der Waals surface area contributed by atoms with Crippen LogP contribution in [0.25, 0.3) is 11.1 Å². The molecule has 2 aromatic rings. The van der Waals surface area contributed by atoms with E-state index in [2.05, 4.69) is 27.2 Å². The molecule has 0 amide bonds. The minimum absolute atomic E-state index is 0.489. The van der Waals surface area contributed by atoms with Crippen LogP contribution in [0.5, 0.6) is 0 Å². The Labute approximate surface area is 127 Å². The Hall–Kier alpha value is -1.29. The van der Waals surface area contributed by atoms with Crippen LogP contribution in [0.3, 0.4) is 0 Å². The average Bonchev–Trinajstić information content (AvgIpc) is 2.82. The maximum Gasteiger partial charge on any atom is 0.175 e. The normalized spacial score (nSPS) is 16.4. The number of hydrogen-bond donors (Lipinski definition) is 1. The molecule has 106 valence electrons. The first kappa shape index (κ1) is 13.7. The molecule has 0 radical (unpaired) electrons. The lowest BCUT2D eigenvalue weighted by molar-refractivity contribution is 0.311. The Morgan fingerprint density at radius 1 is 1.20 bits per heavy atom. The molecule has 0 aliphatic heterocycles. The molecule has 3 rings (SSSR count). The first-order valence-corrected chi connectivity index (χ1v) is 8.04. The maximum atomic E-state index is 6.02. The van der Waals surface area contributed by atoms with Crippen molar-refractivity contribution < 1.29 is 4.52 Å². The number of hydrogen-bond acceptors (Lipinski definition) is 3. The van der Waals surface area contributed by atoms with E-state index in [0.29, 0.717) is 11.7 Å². The first-order valence-electron chi connectivity index (χ1n) is 7.24. The van der Waals surface area contributed by atoms with Crippen molar-refractivity contribution in [3.8, 4) is 11.1 Å². The Morgan fingerprint density at radius 2 is 1.95 bits per heavy atom. The Morgan fingerprint density at radius 3 is 2.70 bits per heavy atom. The number of nitrogens with two attached hydrogens (primary N) is 1. The third kappa shape index (κ3) is 2.75. The van der Waals surface area contributed by atoms with Gasteiger partial charge in [-0.2, -0.15) is 0 Å². The molecule has 3 nitrogen and oxygen atoms in total. The Bertz CT molecular complexity index is 588. The van der Waals surface area contributed by atoms with E-state index in [-0.39, 0.29) is 0 Å². The van der Waals surface area contributed by atoms with Crippen LogP contribution in [0.15, 0.2) is 33.3 Å². The molecule has 1 aromatic carbocycles. The number of rotatable bonds is 3. The van der Waals surface area contributed by atoms with E-state index in [1.165, 1.54) is 32.1 Å². The molecule has 1 fully saturated rings. The molecular formula is C16H19BrN2O. The van der Waals surface area contributed by atoms with Crippen molar-refractivity contribution in [2.24, 2.45) is 5.92 Å². The maximum absolute atomic E-state index is 6.02. The van der Waals surface area contributed by atoms with E-state index in [9.17, 15) is 0 Å². The third-order valence-electron chi connectivity index (χ3n) is 4.13. The quantitative estimate of drug-likeness (QED) is 0.876. The van der Waals surface area contributed by atoms with Gasteiger partial charge in [-0.3, -0.25) is 0 Å². The van der Waals surface area contributed by atoms with Gasteiger partial charge in [0.25, 0.3) is 0 Å². The number of nitrogens with zero attached hydrogens (tertiary/aromatic N) is 1. The van der Waals surface area contributed by atoms with Crippen LogP contribution in [0, 0.1) is 5.92 Å². The van der Waals surface area contributed by atoms with Crippen LogP contribution >= 0.6 is 15.9 Å². The van der Waals surface area contributed by atoms with Crippen LogP contribution in [0.1, 0.15) is 37.9 Å². The molecule has 1 heterocycles. The van der Waals surface area contributed by atoms with Crippen molar-refractivity contribution in [1.82, 2.24) is 5.16 Å². The molecule has 0 atom stereocenters. The van der Waals surface area contributed by atoms with Crippen molar-refractivity contribution in [3.05, 3.63) is 34.5 Å². The fourth-order valence-corrected chi connectivity index (χ4v) is 3.57. The zero-order valence-electron chi connectivity index (χ0n) is 11.4. The Kier molecular flexibility index (Phi) is 4.10. The van der Waals surface area contributed by atoms with Crippen molar-refractivity contribution in [2.45, 2.75) is 38.5 Å². The van der Waals surface area contributed by atoms with Crippen molar-refractivity contribution in [2.75, 3.05) is 5.73 Å². The molecule has 0 unspecified atom stereocenters. The fourth-order valence-electron chi connectivity index (χ4n) is 3.08. The fraction of sp³-hybridized carbons (Fsp3) is 0.438. The summed E-state index contributed by atoms with van der Waals surface area (Å²) in [6.07, 6.45) is 7.55. The van der Waals surface area contributed by atoms with Gasteiger partial charge in [0, 0.05) is 16.5 Å².